The lowest BCUT2D eigenvalue weighted by molar-refractivity contribution is -0.132. The smallest absolute Gasteiger partial charge is 0.237 e. The average molecular weight is 481 g/mol. The number of nitrogens with one attached hydrogen (secondary N) is 2. The number of pyridine rings is 1. The number of benzene rings is 1. The zero-order valence-corrected chi connectivity index (χ0v) is 19.9. The Morgan fingerprint density at radius 2 is 1.91 bits per heavy atom. The maximum absolute atomic E-state index is 13.1. The summed E-state index contributed by atoms with van der Waals surface area (Å²) in [4.78, 5) is 36.3. The molecule has 3 atom stereocenters. The Labute approximate surface area is 205 Å². The normalized spacial score (nSPS) is 24.8. The molecule has 186 valence electrons. The summed E-state index contributed by atoms with van der Waals surface area (Å²) in [5.41, 5.74) is 1.02. The van der Waals surface area contributed by atoms with E-state index in [0.717, 1.165) is 43.9 Å². The molecule has 2 aromatic rings. The monoisotopic (exact) mass is 480 g/mol. The fourth-order valence-electron chi connectivity index (χ4n) is 5.43. The molecule has 3 saturated heterocycles. The molecule has 3 fully saturated rings. The summed E-state index contributed by atoms with van der Waals surface area (Å²) in [6, 6.07) is 12.6. The lowest BCUT2D eigenvalue weighted by Gasteiger charge is -2.38. The first kappa shape index (κ1) is 23.7. The SMILES string of the molecule is O=C1NC[C@@H](CCC(=O)N2CCN(c3ccccn3)CC2)N2C[C@@H](NCc3ccc(F)cc3)C[C@@H]12. The van der Waals surface area contributed by atoms with E-state index in [-0.39, 0.29) is 35.8 Å². The average Bonchev–Trinajstić information content (AvgIpc) is 3.34. The lowest BCUT2D eigenvalue weighted by atomic mass is 10.0. The van der Waals surface area contributed by atoms with Crippen LogP contribution in [0.4, 0.5) is 10.2 Å². The minimum absolute atomic E-state index is 0.0734. The zero-order valence-electron chi connectivity index (χ0n) is 19.9. The molecule has 3 aliphatic rings. The Morgan fingerprint density at radius 1 is 1.11 bits per heavy atom. The number of fused-ring (bicyclic) bond motifs is 1. The van der Waals surface area contributed by atoms with E-state index in [9.17, 15) is 14.0 Å². The highest BCUT2D eigenvalue weighted by Crippen LogP contribution is 2.26. The quantitative estimate of drug-likeness (QED) is 0.623. The van der Waals surface area contributed by atoms with Gasteiger partial charge in [-0.05, 0) is 42.7 Å². The van der Waals surface area contributed by atoms with Gasteiger partial charge in [-0.3, -0.25) is 14.5 Å². The van der Waals surface area contributed by atoms with E-state index in [2.05, 4.69) is 25.4 Å². The minimum Gasteiger partial charge on any atom is -0.353 e. The van der Waals surface area contributed by atoms with Crippen molar-refractivity contribution in [3.8, 4) is 0 Å². The van der Waals surface area contributed by atoms with Gasteiger partial charge in [0, 0.05) is 70.5 Å². The minimum atomic E-state index is -0.240. The molecule has 8 nitrogen and oxygen atoms in total. The molecule has 9 heteroatoms. The van der Waals surface area contributed by atoms with Crippen molar-refractivity contribution in [2.75, 3.05) is 44.2 Å². The molecule has 0 bridgehead atoms. The maximum atomic E-state index is 13.1. The van der Waals surface area contributed by atoms with Crippen LogP contribution in [0.15, 0.2) is 48.7 Å². The van der Waals surface area contributed by atoms with Gasteiger partial charge in [-0.15, -0.1) is 0 Å². The summed E-state index contributed by atoms with van der Waals surface area (Å²) < 4.78 is 13.1. The van der Waals surface area contributed by atoms with Gasteiger partial charge < -0.3 is 20.4 Å². The molecule has 0 unspecified atom stereocenters. The van der Waals surface area contributed by atoms with Crippen molar-refractivity contribution >= 4 is 17.6 Å². The van der Waals surface area contributed by atoms with Crippen LogP contribution in [0.5, 0.6) is 0 Å². The van der Waals surface area contributed by atoms with Gasteiger partial charge in [-0.2, -0.15) is 0 Å². The molecule has 0 spiro atoms. The topological polar surface area (TPSA) is 80.8 Å². The standard InChI is InChI=1S/C26H33FN6O2/c27-20-6-4-19(5-7-20)16-29-21-15-23-26(35)30-17-22(33(23)18-21)8-9-25(34)32-13-11-31(12-14-32)24-3-1-2-10-28-24/h1-7,10,21-23,29H,8-9,11-18H2,(H,30,35)/t21-,22+,23-/m0/s1. The summed E-state index contributed by atoms with van der Waals surface area (Å²) in [6.07, 6.45) is 3.76. The highest BCUT2D eigenvalue weighted by molar-refractivity contribution is 5.83. The number of nitrogens with zero attached hydrogens (tertiary/aromatic N) is 4. The Bertz CT molecular complexity index is 1010. The molecule has 0 radical (unpaired) electrons. The molecule has 2 amide bonds. The van der Waals surface area contributed by atoms with Gasteiger partial charge in [0.25, 0.3) is 0 Å². The molecule has 35 heavy (non-hydrogen) atoms. The van der Waals surface area contributed by atoms with Crippen molar-refractivity contribution in [3.05, 3.63) is 60.0 Å². The van der Waals surface area contributed by atoms with Gasteiger partial charge in [0.15, 0.2) is 0 Å². The highest BCUT2D eigenvalue weighted by Gasteiger charge is 2.43. The van der Waals surface area contributed by atoms with Crippen LogP contribution in [-0.4, -0.2) is 84.0 Å². The second kappa shape index (κ2) is 10.7. The van der Waals surface area contributed by atoms with E-state index in [1.54, 1.807) is 18.3 Å². The van der Waals surface area contributed by atoms with E-state index in [1.165, 1.54) is 12.1 Å². The van der Waals surface area contributed by atoms with Crippen molar-refractivity contribution in [3.63, 3.8) is 0 Å². The van der Waals surface area contributed by atoms with Crippen molar-refractivity contribution < 1.29 is 14.0 Å². The Balaban J connectivity index is 1.10. The first-order valence-corrected chi connectivity index (χ1v) is 12.5. The Kier molecular flexibility index (Phi) is 7.24. The van der Waals surface area contributed by atoms with Crippen LogP contribution >= 0.6 is 0 Å². The van der Waals surface area contributed by atoms with Gasteiger partial charge in [0.05, 0.1) is 6.04 Å². The van der Waals surface area contributed by atoms with E-state index in [0.29, 0.717) is 32.6 Å². The second-order valence-corrected chi connectivity index (χ2v) is 9.65. The van der Waals surface area contributed by atoms with E-state index in [4.69, 9.17) is 0 Å². The third-order valence-corrected chi connectivity index (χ3v) is 7.43. The van der Waals surface area contributed by atoms with Gasteiger partial charge in [0.2, 0.25) is 11.8 Å². The molecule has 4 heterocycles. The summed E-state index contributed by atoms with van der Waals surface area (Å²) in [7, 11) is 0. The largest absolute Gasteiger partial charge is 0.353 e. The van der Waals surface area contributed by atoms with Crippen LogP contribution in [0.1, 0.15) is 24.8 Å². The predicted molar refractivity (Wildman–Crippen MR) is 131 cm³/mol. The number of rotatable bonds is 7. The molecular formula is C26H33FN6O2. The molecule has 0 saturated carbocycles. The highest BCUT2D eigenvalue weighted by atomic mass is 19.1. The number of piperazine rings is 2. The molecule has 1 aromatic heterocycles. The molecule has 1 aromatic carbocycles. The van der Waals surface area contributed by atoms with E-state index in [1.807, 2.05) is 23.1 Å². The van der Waals surface area contributed by atoms with Crippen molar-refractivity contribution in [1.29, 1.82) is 0 Å². The summed E-state index contributed by atoms with van der Waals surface area (Å²) in [6.45, 7) is 5.00. The van der Waals surface area contributed by atoms with Crippen molar-refractivity contribution in [1.82, 2.24) is 25.4 Å². The number of amides is 2. The number of carbonyl (C=O) groups is 2. The van der Waals surface area contributed by atoms with Gasteiger partial charge >= 0.3 is 0 Å². The Morgan fingerprint density at radius 3 is 2.66 bits per heavy atom. The summed E-state index contributed by atoms with van der Waals surface area (Å²) in [5.74, 6) is 0.977. The number of aromatic nitrogens is 1. The number of halogens is 1. The first-order chi connectivity index (χ1) is 17.1. The third kappa shape index (κ3) is 5.62. The summed E-state index contributed by atoms with van der Waals surface area (Å²) >= 11 is 0. The van der Waals surface area contributed by atoms with Crippen molar-refractivity contribution in [2.45, 2.75) is 43.9 Å². The van der Waals surface area contributed by atoms with Gasteiger partial charge in [-0.1, -0.05) is 18.2 Å². The number of hydrogen-bond acceptors (Lipinski definition) is 6. The molecule has 5 rings (SSSR count). The van der Waals surface area contributed by atoms with Crippen molar-refractivity contribution in [2.24, 2.45) is 0 Å². The van der Waals surface area contributed by atoms with Gasteiger partial charge in [-0.25, -0.2) is 9.37 Å². The van der Waals surface area contributed by atoms with E-state index >= 15 is 0 Å². The summed E-state index contributed by atoms with van der Waals surface area (Å²) in [5, 5.41) is 6.56. The molecule has 0 aliphatic carbocycles. The predicted octanol–water partition coefficient (Wildman–Crippen LogP) is 1.38. The number of carbonyl (C=O) groups excluding carboxylic acids is 2. The zero-order chi connectivity index (χ0) is 24.2. The molecular weight excluding hydrogens is 447 g/mol. The number of hydrogen-bond donors (Lipinski definition) is 2. The Hall–Kier alpha value is -3.04. The second-order valence-electron chi connectivity index (χ2n) is 9.65. The van der Waals surface area contributed by atoms with Crippen LogP contribution in [0.25, 0.3) is 0 Å². The van der Waals surface area contributed by atoms with Crippen LogP contribution in [0.3, 0.4) is 0 Å². The fraction of sp³-hybridized carbons (Fsp3) is 0.500. The first-order valence-electron chi connectivity index (χ1n) is 12.5. The van der Waals surface area contributed by atoms with Crippen LogP contribution < -0.4 is 15.5 Å². The number of anilines is 1. The molecule has 2 N–H and O–H groups in total. The van der Waals surface area contributed by atoms with E-state index < -0.39 is 0 Å². The third-order valence-electron chi connectivity index (χ3n) is 7.43. The van der Waals surface area contributed by atoms with Crippen LogP contribution in [0, 0.1) is 5.82 Å². The lowest BCUT2D eigenvalue weighted by Crippen LogP contribution is -2.58. The maximum Gasteiger partial charge on any atom is 0.237 e. The van der Waals surface area contributed by atoms with Crippen LogP contribution in [0.2, 0.25) is 0 Å². The molecule has 3 aliphatic heterocycles. The van der Waals surface area contributed by atoms with Gasteiger partial charge in [0.1, 0.15) is 11.6 Å². The van der Waals surface area contributed by atoms with Crippen LogP contribution in [-0.2, 0) is 16.1 Å². The fourth-order valence-corrected chi connectivity index (χ4v) is 5.43.